The van der Waals surface area contributed by atoms with Crippen LogP contribution < -0.4 is 4.72 Å². The number of aromatic carboxylic acids is 1. The molecule has 7 heteroatoms. The third-order valence-electron chi connectivity index (χ3n) is 3.95. The standard InChI is InChI=1S/C17H20N2O4S/c1-4-13-6-5-7-18-15(13)10-19-24(22,23)16-9-14(17(20)21)8-11(2)12(16)3/h5-9,19H,4,10H2,1-3H3,(H,20,21). The largest absolute Gasteiger partial charge is 0.478 e. The van der Waals surface area contributed by atoms with Crippen molar-refractivity contribution in [2.75, 3.05) is 0 Å². The molecule has 0 saturated carbocycles. The predicted octanol–water partition coefficient (Wildman–Crippen LogP) is 2.44. The van der Waals surface area contributed by atoms with E-state index in [1.165, 1.54) is 12.1 Å². The lowest BCUT2D eigenvalue weighted by Gasteiger charge is -2.13. The molecule has 0 fully saturated rings. The van der Waals surface area contributed by atoms with Crippen molar-refractivity contribution in [2.24, 2.45) is 0 Å². The molecule has 1 aromatic carbocycles. The van der Waals surface area contributed by atoms with E-state index in [9.17, 15) is 13.2 Å². The van der Waals surface area contributed by atoms with E-state index in [-0.39, 0.29) is 17.0 Å². The zero-order chi connectivity index (χ0) is 17.9. The third-order valence-corrected chi connectivity index (χ3v) is 5.48. The molecule has 1 heterocycles. The first-order valence-electron chi connectivity index (χ1n) is 7.53. The molecule has 0 unspecified atom stereocenters. The Morgan fingerprint density at radius 1 is 1.29 bits per heavy atom. The number of nitrogens with one attached hydrogen (secondary N) is 1. The lowest BCUT2D eigenvalue weighted by atomic mass is 10.1. The SMILES string of the molecule is CCc1cccnc1CNS(=O)(=O)c1cc(C(=O)O)cc(C)c1C. The maximum atomic E-state index is 12.6. The summed E-state index contributed by atoms with van der Waals surface area (Å²) in [5, 5.41) is 9.14. The number of benzene rings is 1. The smallest absolute Gasteiger partial charge is 0.335 e. The molecular formula is C17H20N2O4S. The van der Waals surface area contributed by atoms with Crippen LogP contribution in [0.25, 0.3) is 0 Å². The number of sulfonamides is 1. The van der Waals surface area contributed by atoms with E-state index in [0.29, 0.717) is 16.8 Å². The van der Waals surface area contributed by atoms with Gasteiger partial charge in [-0.1, -0.05) is 13.0 Å². The Morgan fingerprint density at radius 2 is 2.00 bits per heavy atom. The molecule has 2 N–H and O–H groups in total. The third kappa shape index (κ3) is 3.80. The topological polar surface area (TPSA) is 96.4 Å². The molecule has 6 nitrogen and oxygen atoms in total. The molecule has 0 aliphatic heterocycles. The summed E-state index contributed by atoms with van der Waals surface area (Å²) in [7, 11) is -3.85. The first-order valence-corrected chi connectivity index (χ1v) is 9.01. The normalized spacial score (nSPS) is 11.5. The van der Waals surface area contributed by atoms with E-state index in [1.54, 1.807) is 26.1 Å². The molecule has 0 spiro atoms. The summed E-state index contributed by atoms with van der Waals surface area (Å²) in [5.74, 6) is -1.16. The fourth-order valence-electron chi connectivity index (χ4n) is 2.42. The maximum Gasteiger partial charge on any atom is 0.335 e. The van der Waals surface area contributed by atoms with Crippen LogP contribution in [0.3, 0.4) is 0 Å². The van der Waals surface area contributed by atoms with Gasteiger partial charge in [0, 0.05) is 6.20 Å². The summed E-state index contributed by atoms with van der Waals surface area (Å²) < 4.78 is 27.8. The van der Waals surface area contributed by atoms with Crippen LogP contribution in [0, 0.1) is 13.8 Å². The van der Waals surface area contributed by atoms with E-state index in [4.69, 9.17) is 5.11 Å². The van der Waals surface area contributed by atoms with Crippen LogP contribution in [0.4, 0.5) is 0 Å². The van der Waals surface area contributed by atoms with Gasteiger partial charge in [-0.15, -0.1) is 0 Å². The molecular weight excluding hydrogens is 328 g/mol. The van der Waals surface area contributed by atoms with Gasteiger partial charge in [0.05, 0.1) is 22.7 Å². The summed E-state index contributed by atoms with van der Waals surface area (Å²) >= 11 is 0. The Balaban J connectivity index is 2.36. The number of rotatable bonds is 6. The Kier molecular flexibility index (Phi) is 5.36. The van der Waals surface area contributed by atoms with Crippen LogP contribution in [-0.4, -0.2) is 24.5 Å². The second-order valence-corrected chi connectivity index (χ2v) is 7.24. The van der Waals surface area contributed by atoms with Gasteiger partial charge in [0.15, 0.2) is 0 Å². The van der Waals surface area contributed by atoms with Crippen molar-refractivity contribution in [1.82, 2.24) is 9.71 Å². The van der Waals surface area contributed by atoms with Gasteiger partial charge in [-0.3, -0.25) is 4.98 Å². The lowest BCUT2D eigenvalue weighted by Crippen LogP contribution is -2.25. The van der Waals surface area contributed by atoms with Gasteiger partial charge in [0.25, 0.3) is 0 Å². The molecule has 0 aliphatic rings. The molecule has 24 heavy (non-hydrogen) atoms. The molecule has 128 valence electrons. The highest BCUT2D eigenvalue weighted by Crippen LogP contribution is 2.21. The van der Waals surface area contributed by atoms with Gasteiger partial charge in [-0.2, -0.15) is 0 Å². The average Bonchev–Trinajstić information content (AvgIpc) is 2.55. The minimum Gasteiger partial charge on any atom is -0.478 e. The van der Waals surface area contributed by atoms with Crippen molar-refractivity contribution < 1.29 is 18.3 Å². The fraction of sp³-hybridized carbons (Fsp3) is 0.294. The molecule has 0 radical (unpaired) electrons. The first kappa shape index (κ1) is 18.1. The summed E-state index contributed by atoms with van der Waals surface area (Å²) in [5.41, 5.74) is 2.72. The van der Waals surface area contributed by atoms with Crippen molar-refractivity contribution in [3.05, 3.63) is 58.4 Å². The van der Waals surface area contributed by atoms with Crippen molar-refractivity contribution >= 4 is 16.0 Å². The summed E-state index contributed by atoms with van der Waals surface area (Å²) in [6, 6.07) is 6.36. The Hall–Kier alpha value is -2.25. The van der Waals surface area contributed by atoms with Crippen molar-refractivity contribution in [2.45, 2.75) is 38.6 Å². The van der Waals surface area contributed by atoms with Gasteiger partial charge in [0.2, 0.25) is 10.0 Å². The van der Waals surface area contributed by atoms with Gasteiger partial charge in [-0.25, -0.2) is 17.9 Å². The quantitative estimate of drug-likeness (QED) is 0.836. The Bertz CT molecular complexity index is 876. The van der Waals surface area contributed by atoms with E-state index in [2.05, 4.69) is 9.71 Å². The number of hydrogen-bond donors (Lipinski definition) is 2. The minimum absolute atomic E-state index is 0.0196. The second kappa shape index (κ2) is 7.11. The summed E-state index contributed by atoms with van der Waals surface area (Å²) in [6.07, 6.45) is 2.36. The van der Waals surface area contributed by atoms with Crippen LogP contribution in [-0.2, 0) is 23.0 Å². The minimum atomic E-state index is -3.85. The lowest BCUT2D eigenvalue weighted by molar-refractivity contribution is 0.0696. The first-order chi connectivity index (χ1) is 11.3. The highest BCUT2D eigenvalue weighted by atomic mass is 32.2. The number of nitrogens with zero attached hydrogens (tertiary/aromatic N) is 1. The number of carbonyl (C=O) groups is 1. The number of carboxylic acid groups (broad SMARTS) is 1. The monoisotopic (exact) mass is 348 g/mol. The number of pyridine rings is 1. The molecule has 0 bridgehead atoms. The highest BCUT2D eigenvalue weighted by Gasteiger charge is 2.21. The molecule has 2 aromatic rings. The van der Waals surface area contributed by atoms with Crippen molar-refractivity contribution in [3.8, 4) is 0 Å². The average molecular weight is 348 g/mol. The maximum absolute atomic E-state index is 12.6. The van der Waals surface area contributed by atoms with E-state index in [1.807, 2.05) is 13.0 Å². The van der Waals surface area contributed by atoms with Crippen LogP contribution >= 0.6 is 0 Å². The summed E-state index contributed by atoms with van der Waals surface area (Å²) in [4.78, 5) is 15.4. The van der Waals surface area contributed by atoms with Gasteiger partial charge in [0.1, 0.15) is 0 Å². The second-order valence-electron chi connectivity index (χ2n) is 5.51. The van der Waals surface area contributed by atoms with E-state index in [0.717, 1.165) is 12.0 Å². The molecule has 0 saturated heterocycles. The highest BCUT2D eigenvalue weighted by molar-refractivity contribution is 7.89. The number of hydrogen-bond acceptors (Lipinski definition) is 4. The fourth-order valence-corrected chi connectivity index (χ4v) is 3.75. The number of carboxylic acids is 1. The Labute approximate surface area is 141 Å². The zero-order valence-corrected chi connectivity index (χ0v) is 14.6. The van der Waals surface area contributed by atoms with E-state index < -0.39 is 16.0 Å². The predicted molar refractivity (Wildman–Crippen MR) is 90.5 cm³/mol. The van der Waals surface area contributed by atoms with Gasteiger partial charge < -0.3 is 5.11 Å². The van der Waals surface area contributed by atoms with Crippen molar-refractivity contribution in [3.63, 3.8) is 0 Å². The van der Waals surface area contributed by atoms with Gasteiger partial charge in [-0.05, 0) is 55.2 Å². The molecule has 1 aromatic heterocycles. The van der Waals surface area contributed by atoms with Crippen LogP contribution in [0.15, 0.2) is 35.4 Å². The number of aromatic nitrogens is 1. The van der Waals surface area contributed by atoms with Gasteiger partial charge >= 0.3 is 5.97 Å². The molecule has 2 rings (SSSR count). The van der Waals surface area contributed by atoms with E-state index >= 15 is 0 Å². The molecule has 0 aliphatic carbocycles. The van der Waals surface area contributed by atoms with Crippen molar-refractivity contribution in [1.29, 1.82) is 0 Å². The Morgan fingerprint density at radius 3 is 2.62 bits per heavy atom. The molecule has 0 atom stereocenters. The van der Waals surface area contributed by atoms with Crippen LogP contribution in [0.1, 0.15) is 39.7 Å². The zero-order valence-electron chi connectivity index (χ0n) is 13.8. The number of aryl methyl sites for hydroxylation is 2. The van der Waals surface area contributed by atoms with Crippen LogP contribution in [0.2, 0.25) is 0 Å². The molecule has 0 amide bonds. The van der Waals surface area contributed by atoms with Crippen LogP contribution in [0.5, 0.6) is 0 Å². The summed E-state index contributed by atoms with van der Waals surface area (Å²) in [6.45, 7) is 5.38.